The monoisotopic (exact) mass is 291 g/mol. The fourth-order valence-corrected chi connectivity index (χ4v) is 2.69. The number of benzene rings is 1. The van der Waals surface area contributed by atoms with Crippen molar-refractivity contribution in [1.82, 2.24) is 9.80 Å². The molecule has 5 heteroatoms. The molecule has 1 atom stereocenters. The summed E-state index contributed by atoms with van der Waals surface area (Å²) in [6.07, 6.45) is 0. The summed E-state index contributed by atoms with van der Waals surface area (Å²) in [6.45, 7) is 5.69. The molecule has 1 fully saturated rings. The summed E-state index contributed by atoms with van der Waals surface area (Å²) in [5.74, 6) is 1.05. The zero-order chi connectivity index (χ0) is 15.4. The summed E-state index contributed by atoms with van der Waals surface area (Å²) in [4.78, 5) is 18.3. The summed E-state index contributed by atoms with van der Waals surface area (Å²) in [5, 5.41) is 0. The summed E-state index contributed by atoms with van der Waals surface area (Å²) in [6, 6.07) is 8.10. The molecule has 1 aliphatic heterocycles. The summed E-state index contributed by atoms with van der Waals surface area (Å²) in [7, 11) is 5.30. The molecule has 116 valence electrons. The highest BCUT2D eigenvalue weighted by Crippen LogP contribution is 2.21. The molecule has 0 N–H and O–H groups in total. The van der Waals surface area contributed by atoms with Gasteiger partial charge in [0.1, 0.15) is 5.75 Å². The molecule has 1 aliphatic rings. The Kier molecular flexibility index (Phi) is 5.07. The highest BCUT2D eigenvalue weighted by Gasteiger charge is 2.26. The van der Waals surface area contributed by atoms with E-state index in [-0.39, 0.29) is 11.9 Å². The maximum Gasteiger partial charge on any atom is 0.239 e. The third-order valence-corrected chi connectivity index (χ3v) is 4.10. The Hall–Kier alpha value is -1.75. The average Bonchev–Trinajstić information content (AvgIpc) is 2.53. The van der Waals surface area contributed by atoms with Gasteiger partial charge in [-0.1, -0.05) is 0 Å². The van der Waals surface area contributed by atoms with Gasteiger partial charge in [0.2, 0.25) is 5.91 Å². The van der Waals surface area contributed by atoms with Gasteiger partial charge >= 0.3 is 0 Å². The van der Waals surface area contributed by atoms with Crippen molar-refractivity contribution >= 4 is 11.6 Å². The minimum atomic E-state index is -0.0435. The van der Waals surface area contributed by atoms with Crippen LogP contribution in [0.25, 0.3) is 0 Å². The Morgan fingerprint density at radius 3 is 2.19 bits per heavy atom. The van der Waals surface area contributed by atoms with Crippen molar-refractivity contribution < 1.29 is 9.53 Å². The number of carbonyl (C=O) groups excluding carboxylic acids is 1. The number of anilines is 1. The zero-order valence-electron chi connectivity index (χ0n) is 13.4. The second-order valence-electron chi connectivity index (χ2n) is 5.63. The molecule has 0 bridgehead atoms. The Morgan fingerprint density at radius 2 is 1.71 bits per heavy atom. The molecule has 2 rings (SSSR count). The van der Waals surface area contributed by atoms with E-state index in [1.165, 1.54) is 5.69 Å². The van der Waals surface area contributed by atoms with E-state index in [4.69, 9.17) is 4.74 Å². The lowest BCUT2D eigenvalue weighted by molar-refractivity contribution is -0.133. The van der Waals surface area contributed by atoms with E-state index in [0.29, 0.717) is 0 Å². The van der Waals surface area contributed by atoms with Gasteiger partial charge in [0.15, 0.2) is 0 Å². The van der Waals surface area contributed by atoms with E-state index >= 15 is 0 Å². The number of hydrogen-bond acceptors (Lipinski definition) is 4. The molecule has 0 aliphatic carbocycles. The van der Waals surface area contributed by atoms with Gasteiger partial charge in [-0.3, -0.25) is 9.69 Å². The van der Waals surface area contributed by atoms with Gasteiger partial charge in [-0.15, -0.1) is 0 Å². The van der Waals surface area contributed by atoms with E-state index in [0.717, 1.165) is 31.9 Å². The molecule has 1 amide bonds. The quantitative estimate of drug-likeness (QED) is 0.837. The first-order valence-electron chi connectivity index (χ1n) is 7.37. The second kappa shape index (κ2) is 6.80. The number of nitrogens with zero attached hydrogens (tertiary/aromatic N) is 3. The van der Waals surface area contributed by atoms with Gasteiger partial charge < -0.3 is 14.5 Å². The fraction of sp³-hybridized carbons (Fsp3) is 0.562. The summed E-state index contributed by atoms with van der Waals surface area (Å²) in [5.41, 5.74) is 1.21. The van der Waals surface area contributed by atoms with Crippen molar-refractivity contribution in [3.8, 4) is 5.75 Å². The van der Waals surface area contributed by atoms with Gasteiger partial charge in [0, 0.05) is 46.0 Å². The summed E-state index contributed by atoms with van der Waals surface area (Å²) >= 11 is 0. The van der Waals surface area contributed by atoms with Gasteiger partial charge in [-0.25, -0.2) is 0 Å². The molecule has 1 heterocycles. The summed E-state index contributed by atoms with van der Waals surface area (Å²) < 4.78 is 5.18. The van der Waals surface area contributed by atoms with Crippen LogP contribution in [0.3, 0.4) is 0 Å². The SMILES string of the molecule is COc1ccc(N2CCN([C@H](C)C(=O)N(C)C)CC2)cc1. The number of piperazine rings is 1. The van der Waals surface area contributed by atoms with Crippen LogP contribution in [0.1, 0.15) is 6.92 Å². The van der Waals surface area contributed by atoms with Crippen molar-refractivity contribution in [3.63, 3.8) is 0 Å². The van der Waals surface area contributed by atoms with Crippen LogP contribution in [0.4, 0.5) is 5.69 Å². The molecule has 5 nitrogen and oxygen atoms in total. The molecule has 0 spiro atoms. The molecule has 0 aromatic heterocycles. The van der Waals surface area contributed by atoms with Crippen LogP contribution in [-0.4, -0.2) is 69.1 Å². The Labute approximate surface area is 127 Å². The minimum absolute atomic E-state index is 0.0435. The lowest BCUT2D eigenvalue weighted by Crippen LogP contribution is -2.53. The smallest absolute Gasteiger partial charge is 0.239 e. The molecule has 0 saturated carbocycles. The predicted molar refractivity (Wildman–Crippen MR) is 84.9 cm³/mol. The first-order valence-corrected chi connectivity index (χ1v) is 7.37. The van der Waals surface area contributed by atoms with Crippen molar-refractivity contribution in [2.75, 3.05) is 52.3 Å². The molecule has 0 unspecified atom stereocenters. The molecule has 21 heavy (non-hydrogen) atoms. The van der Waals surface area contributed by atoms with Crippen molar-refractivity contribution in [2.24, 2.45) is 0 Å². The van der Waals surface area contributed by atoms with E-state index in [2.05, 4.69) is 21.9 Å². The normalized spacial score (nSPS) is 17.4. The topological polar surface area (TPSA) is 36.0 Å². The Morgan fingerprint density at radius 1 is 1.14 bits per heavy atom. The molecular formula is C16H25N3O2. The highest BCUT2D eigenvalue weighted by molar-refractivity contribution is 5.81. The first-order chi connectivity index (χ1) is 10.0. The number of likely N-dealkylation sites (N-methyl/N-ethyl adjacent to an activating group) is 1. The van der Waals surface area contributed by atoms with Crippen LogP contribution >= 0.6 is 0 Å². The third kappa shape index (κ3) is 3.67. The number of hydrogen-bond donors (Lipinski definition) is 0. The maximum absolute atomic E-state index is 12.0. The standard InChI is InChI=1S/C16H25N3O2/c1-13(16(20)17(2)3)18-9-11-19(12-10-18)14-5-7-15(21-4)8-6-14/h5-8,13H,9-12H2,1-4H3/t13-/m1/s1. The number of amides is 1. The average molecular weight is 291 g/mol. The van der Waals surface area contributed by atoms with E-state index in [9.17, 15) is 4.79 Å². The van der Waals surface area contributed by atoms with E-state index in [1.807, 2.05) is 33.2 Å². The predicted octanol–water partition coefficient (Wildman–Crippen LogP) is 1.29. The van der Waals surface area contributed by atoms with Crippen LogP contribution in [-0.2, 0) is 4.79 Å². The largest absolute Gasteiger partial charge is 0.497 e. The van der Waals surface area contributed by atoms with Crippen LogP contribution in [0.5, 0.6) is 5.75 Å². The van der Waals surface area contributed by atoms with Gasteiger partial charge in [-0.2, -0.15) is 0 Å². The lowest BCUT2D eigenvalue weighted by Gasteiger charge is -2.39. The van der Waals surface area contributed by atoms with Crippen LogP contribution in [0.2, 0.25) is 0 Å². The zero-order valence-corrected chi connectivity index (χ0v) is 13.4. The number of ether oxygens (including phenoxy) is 1. The van der Waals surface area contributed by atoms with Gasteiger partial charge in [-0.05, 0) is 31.2 Å². The highest BCUT2D eigenvalue weighted by atomic mass is 16.5. The molecule has 0 radical (unpaired) electrons. The van der Waals surface area contributed by atoms with E-state index < -0.39 is 0 Å². The molecule has 1 saturated heterocycles. The molecular weight excluding hydrogens is 266 g/mol. The van der Waals surface area contributed by atoms with Crippen LogP contribution < -0.4 is 9.64 Å². The maximum atomic E-state index is 12.0. The van der Waals surface area contributed by atoms with Crippen molar-refractivity contribution in [3.05, 3.63) is 24.3 Å². The first kappa shape index (κ1) is 15.6. The van der Waals surface area contributed by atoms with Crippen LogP contribution in [0.15, 0.2) is 24.3 Å². The third-order valence-electron chi connectivity index (χ3n) is 4.10. The van der Waals surface area contributed by atoms with Crippen molar-refractivity contribution in [2.45, 2.75) is 13.0 Å². The fourth-order valence-electron chi connectivity index (χ4n) is 2.69. The van der Waals surface area contributed by atoms with Crippen LogP contribution in [0, 0.1) is 0 Å². The van der Waals surface area contributed by atoms with Gasteiger partial charge in [0.25, 0.3) is 0 Å². The Balaban J connectivity index is 1.92. The number of carbonyl (C=O) groups is 1. The lowest BCUT2D eigenvalue weighted by atomic mass is 10.2. The van der Waals surface area contributed by atoms with Gasteiger partial charge in [0.05, 0.1) is 13.2 Å². The Bertz CT molecular complexity index is 465. The van der Waals surface area contributed by atoms with E-state index in [1.54, 1.807) is 12.0 Å². The second-order valence-corrected chi connectivity index (χ2v) is 5.63. The van der Waals surface area contributed by atoms with Crippen molar-refractivity contribution in [1.29, 1.82) is 0 Å². The molecule has 1 aromatic rings. The minimum Gasteiger partial charge on any atom is -0.497 e. The number of methoxy groups -OCH3 is 1. The molecule has 1 aromatic carbocycles. The number of rotatable bonds is 4.